The molecule has 0 saturated heterocycles. The number of fused-ring (bicyclic) bond motifs is 6. The number of rotatable bonds is 3. The lowest BCUT2D eigenvalue weighted by atomic mass is 9.97. The van der Waals surface area contributed by atoms with Gasteiger partial charge >= 0.3 is 0 Å². The molecule has 7 aromatic rings. The molecule has 5 aromatic carbocycles. The molecule has 1 aliphatic rings. The number of nitrogens with zero attached hydrogens (tertiary/aromatic N) is 2. The van der Waals surface area contributed by atoms with Gasteiger partial charge in [-0.05, 0) is 90.2 Å². The van der Waals surface area contributed by atoms with Gasteiger partial charge in [-0.2, -0.15) is 0 Å². The Balaban J connectivity index is 1.34. The highest BCUT2D eigenvalue weighted by atomic mass is 15.0. The van der Waals surface area contributed by atoms with E-state index in [2.05, 4.69) is 143 Å². The lowest BCUT2D eigenvalue weighted by Crippen LogP contribution is -1.99. The molecule has 2 nitrogen and oxygen atoms in total. The monoisotopic (exact) mass is 486 g/mol. The van der Waals surface area contributed by atoms with Crippen LogP contribution in [0.1, 0.15) is 17.7 Å². The summed E-state index contributed by atoms with van der Waals surface area (Å²) < 4.78 is 4.79. The van der Waals surface area contributed by atoms with Crippen LogP contribution in [0.25, 0.3) is 61.3 Å². The van der Waals surface area contributed by atoms with Crippen molar-refractivity contribution in [3.8, 4) is 22.5 Å². The Morgan fingerprint density at radius 3 is 1.79 bits per heavy atom. The molecular formula is C36H26N2. The van der Waals surface area contributed by atoms with Crippen LogP contribution in [-0.2, 0) is 6.42 Å². The molecule has 2 heterocycles. The van der Waals surface area contributed by atoms with Gasteiger partial charge in [0.1, 0.15) is 0 Å². The highest BCUT2D eigenvalue weighted by molar-refractivity contribution is 6.10. The van der Waals surface area contributed by atoms with Crippen molar-refractivity contribution in [2.24, 2.45) is 0 Å². The first-order valence-corrected chi connectivity index (χ1v) is 13.4. The van der Waals surface area contributed by atoms with Crippen molar-refractivity contribution in [2.45, 2.75) is 12.8 Å². The standard InChI is InChI=1S/C36H26N2/c1-3-11-27(12-4-1)37-33-17-9-7-15-29(33)31-23-25(19-21-35(31)37)26-20-22-36-32(24-26)30-16-8-10-18-34(30)38(36)28-13-5-2-6-14-28/h1-7,9-15,17-24H,8,16H2. The molecule has 0 atom stereocenters. The number of hydrogen-bond donors (Lipinski definition) is 0. The van der Waals surface area contributed by atoms with E-state index in [1.54, 1.807) is 0 Å². The Hall–Kier alpha value is -4.82. The highest BCUT2D eigenvalue weighted by Gasteiger charge is 2.19. The summed E-state index contributed by atoms with van der Waals surface area (Å²) in [5.74, 6) is 0. The molecule has 1 aliphatic carbocycles. The molecule has 2 heteroatoms. The van der Waals surface area contributed by atoms with E-state index in [0.717, 1.165) is 12.8 Å². The fourth-order valence-corrected chi connectivity index (χ4v) is 6.28. The molecule has 0 fully saturated rings. The summed E-state index contributed by atoms with van der Waals surface area (Å²) in [5, 5.41) is 3.93. The number of hydrogen-bond acceptors (Lipinski definition) is 0. The van der Waals surface area contributed by atoms with Crippen molar-refractivity contribution < 1.29 is 0 Å². The van der Waals surface area contributed by atoms with Gasteiger partial charge in [-0.15, -0.1) is 0 Å². The van der Waals surface area contributed by atoms with Gasteiger partial charge in [-0.1, -0.05) is 72.8 Å². The van der Waals surface area contributed by atoms with Crippen LogP contribution < -0.4 is 0 Å². The smallest absolute Gasteiger partial charge is 0.0541 e. The molecule has 0 unspecified atom stereocenters. The van der Waals surface area contributed by atoms with Gasteiger partial charge in [0.15, 0.2) is 0 Å². The average molecular weight is 487 g/mol. The molecule has 0 aliphatic heterocycles. The van der Waals surface area contributed by atoms with E-state index in [-0.39, 0.29) is 0 Å². The molecule has 180 valence electrons. The van der Waals surface area contributed by atoms with Crippen LogP contribution in [0.4, 0.5) is 0 Å². The Kier molecular flexibility index (Phi) is 4.68. The van der Waals surface area contributed by atoms with Crippen LogP contribution in [0, 0.1) is 0 Å². The Labute approximate surface area is 221 Å². The normalized spacial score (nSPS) is 12.9. The SMILES string of the molecule is C1=Cc2c(c3cc(-c4ccc5c(c4)c4ccccc4n5-c4ccccc4)ccc3n2-c2ccccc2)CC1. The molecule has 0 spiro atoms. The van der Waals surface area contributed by atoms with Crippen LogP contribution in [0.15, 0.2) is 127 Å². The van der Waals surface area contributed by atoms with Crippen LogP contribution in [0.3, 0.4) is 0 Å². The Morgan fingerprint density at radius 2 is 1.05 bits per heavy atom. The summed E-state index contributed by atoms with van der Waals surface area (Å²) in [6.45, 7) is 0. The number of allylic oxidation sites excluding steroid dienone is 1. The molecule has 0 amide bonds. The summed E-state index contributed by atoms with van der Waals surface area (Å²) in [7, 11) is 0. The topological polar surface area (TPSA) is 9.86 Å². The lowest BCUT2D eigenvalue weighted by molar-refractivity contribution is 0.967. The van der Waals surface area contributed by atoms with E-state index in [1.165, 1.54) is 66.5 Å². The predicted molar refractivity (Wildman–Crippen MR) is 160 cm³/mol. The zero-order valence-corrected chi connectivity index (χ0v) is 21.0. The van der Waals surface area contributed by atoms with E-state index in [1.807, 2.05) is 0 Å². The maximum absolute atomic E-state index is 2.42. The molecule has 2 aromatic heterocycles. The summed E-state index contributed by atoms with van der Waals surface area (Å²) >= 11 is 0. The molecule has 0 saturated carbocycles. The van der Waals surface area contributed by atoms with E-state index in [4.69, 9.17) is 0 Å². The van der Waals surface area contributed by atoms with Crippen LogP contribution in [-0.4, -0.2) is 9.13 Å². The van der Waals surface area contributed by atoms with Gasteiger partial charge in [0.2, 0.25) is 0 Å². The quantitative estimate of drug-likeness (QED) is 0.235. The van der Waals surface area contributed by atoms with E-state index in [0.29, 0.717) is 0 Å². The minimum absolute atomic E-state index is 1.08. The van der Waals surface area contributed by atoms with Gasteiger partial charge < -0.3 is 9.13 Å². The number of benzene rings is 5. The van der Waals surface area contributed by atoms with Crippen molar-refractivity contribution >= 4 is 38.8 Å². The lowest BCUT2D eigenvalue weighted by Gasteiger charge is -2.11. The Morgan fingerprint density at radius 1 is 0.474 bits per heavy atom. The number of para-hydroxylation sites is 3. The van der Waals surface area contributed by atoms with Crippen molar-refractivity contribution in [2.75, 3.05) is 0 Å². The number of aromatic nitrogens is 2. The molecule has 0 bridgehead atoms. The van der Waals surface area contributed by atoms with Gasteiger partial charge in [0.25, 0.3) is 0 Å². The van der Waals surface area contributed by atoms with E-state index in [9.17, 15) is 0 Å². The van der Waals surface area contributed by atoms with E-state index >= 15 is 0 Å². The van der Waals surface area contributed by atoms with Crippen molar-refractivity contribution in [3.63, 3.8) is 0 Å². The van der Waals surface area contributed by atoms with Gasteiger partial charge in [-0.3, -0.25) is 0 Å². The Bertz CT molecular complexity index is 2000. The second kappa shape index (κ2) is 8.36. The summed E-state index contributed by atoms with van der Waals surface area (Å²) in [6, 6.07) is 44.1. The second-order valence-electron chi connectivity index (χ2n) is 10.1. The van der Waals surface area contributed by atoms with E-state index < -0.39 is 0 Å². The maximum Gasteiger partial charge on any atom is 0.0541 e. The van der Waals surface area contributed by atoms with Crippen molar-refractivity contribution in [3.05, 3.63) is 139 Å². The first-order chi connectivity index (χ1) is 18.9. The zero-order chi connectivity index (χ0) is 25.1. The van der Waals surface area contributed by atoms with Gasteiger partial charge in [0.05, 0.1) is 16.6 Å². The van der Waals surface area contributed by atoms with Crippen LogP contribution in [0.5, 0.6) is 0 Å². The molecule has 8 rings (SSSR count). The molecule has 0 radical (unpaired) electrons. The average Bonchev–Trinajstić information content (AvgIpc) is 3.50. The zero-order valence-electron chi connectivity index (χ0n) is 21.0. The van der Waals surface area contributed by atoms with Crippen LogP contribution >= 0.6 is 0 Å². The summed E-state index contributed by atoms with van der Waals surface area (Å²) in [5.41, 5.74) is 11.4. The molecule has 0 N–H and O–H groups in total. The predicted octanol–water partition coefficient (Wildman–Crippen LogP) is 9.35. The van der Waals surface area contributed by atoms with Crippen molar-refractivity contribution in [1.82, 2.24) is 9.13 Å². The highest BCUT2D eigenvalue weighted by Crippen LogP contribution is 2.38. The first-order valence-electron chi connectivity index (χ1n) is 13.4. The van der Waals surface area contributed by atoms with Crippen molar-refractivity contribution in [1.29, 1.82) is 0 Å². The summed E-state index contributed by atoms with van der Waals surface area (Å²) in [4.78, 5) is 0. The third-order valence-corrected chi connectivity index (χ3v) is 7.98. The maximum atomic E-state index is 2.42. The third-order valence-electron chi connectivity index (χ3n) is 7.98. The minimum Gasteiger partial charge on any atom is -0.310 e. The third kappa shape index (κ3) is 3.13. The first kappa shape index (κ1) is 21.3. The number of aryl methyl sites for hydroxylation is 1. The molecule has 38 heavy (non-hydrogen) atoms. The van der Waals surface area contributed by atoms with Gasteiger partial charge in [0, 0.05) is 33.2 Å². The van der Waals surface area contributed by atoms with Crippen LogP contribution in [0.2, 0.25) is 0 Å². The fraction of sp³-hybridized carbons (Fsp3) is 0.0556. The second-order valence-corrected chi connectivity index (χ2v) is 10.1. The van der Waals surface area contributed by atoms with Gasteiger partial charge in [-0.25, -0.2) is 0 Å². The molecular weight excluding hydrogens is 460 g/mol. The summed E-state index contributed by atoms with van der Waals surface area (Å²) in [6.07, 6.45) is 6.78. The minimum atomic E-state index is 1.08. The fourth-order valence-electron chi connectivity index (χ4n) is 6.28. The largest absolute Gasteiger partial charge is 0.310 e.